The number of carbonyl (C=O) groups excluding carboxylic acids is 2. The summed E-state index contributed by atoms with van der Waals surface area (Å²) in [5, 5.41) is 3.04. The molecule has 1 N–H and O–H groups in total. The van der Waals surface area contributed by atoms with Crippen LogP contribution in [0.5, 0.6) is 0 Å². The van der Waals surface area contributed by atoms with Gasteiger partial charge in [0, 0.05) is 30.3 Å². The molecule has 0 aromatic heterocycles. The number of hydrogen-bond acceptors (Lipinski definition) is 2. The Morgan fingerprint density at radius 2 is 1.52 bits per heavy atom. The predicted molar refractivity (Wildman–Crippen MR) is 109 cm³/mol. The first-order chi connectivity index (χ1) is 12.8. The Morgan fingerprint density at radius 1 is 0.889 bits per heavy atom. The van der Waals surface area contributed by atoms with Crippen molar-refractivity contribution < 1.29 is 9.59 Å². The Kier molecular flexibility index (Phi) is 5.64. The van der Waals surface area contributed by atoms with Crippen LogP contribution in [0.25, 0.3) is 0 Å². The van der Waals surface area contributed by atoms with Gasteiger partial charge in [-0.3, -0.25) is 9.59 Å². The molecule has 1 aliphatic rings. The van der Waals surface area contributed by atoms with Crippen LogP contribution in [-0.2, 0) is 4.79 Å². The highest BCUT2D eigenvalue weighted by Gasteiger charge is 2.28. The molecule has 2 aromatic carbocycles. The van der Waals surface area contributed by atoms with Crippen LogP contribution < -0.4 is 5.32 Å². The fraction of sp³-hybridized carbons (Fsp3) is 0.391. The van der Waals surface area contributed by atoms with E-state index in [1.54, 1.807) is 0 Å². The van der Waals surface area contributed by atoms with Crippen LogP contribution in [0, 0.1) is 33.6 Å². The second-order valence-corrected chi connectivity index (χ2v) is 7.73. The number of rotatable bonds is 3. The van der Waals surface area contributed by atoms with Gasteiger partial charge in [-0.1, -0.05) is 12.1 Å². The zero-order chi connectivity index (χ0) is 19.6. The molecule has 1 fully saturated rings. The van der Waals surface area contributed by atoms with E-state index in [0.717, 1.165) is 27.9 Å². The Balaban J connectivity index is 1.58. The van der Waals surface area contributed by atoms with Crippen molar-refractivity contribution in [1.82, 2.24) is 4.90 Å². The number of hydrogen-bond donors (Lipinski definition) is 1. The molecule has 0 bridgehead atoms. The van der Waals surface area contributed by atoms with Crippen LogP contribution in [0.1, 0.15) is 45.5 Å². The third kappa shape index (κ3) is 4.57. The van der Waals surface area contributed by atoms with E-state index in [9.17, 15) is 9.59 Å². The minimum atomic E-state index is -0.0466. The lowest BCUT2D eigenvalue weighted by Crippen LogP contribution is -2.41. The minimum absolute atomic E-state index is 0.0466. The molecule has 0 aliphatic carbocycles. The van der Waals surface area contributed by atoms with Gasteiger partial charge in [0.25, 0.3) is 5.91 Å². The third-order valence-electron chi connectivity index (χ3n) is 5.40. The fourth-order valence-electron chi connectivity index (χ4n) is 3.69. The van der Waals surface area contributed by atoms with E-state index in [2.05, 4.69) is 11.4 Å². The summed E-state index contributed by atoms with van der Waals surface area (Å²) < 4.78 is 0. The van der Waals surface area contributed by atoms with E-state index in [-0.39, 0.29) is 17.7 Å². The van der Waals surface area contributed by atoms with Gasteiger partial charge in [-0.05, 0) is 87.1 Å². The van der Waals surface area contributed by atoms with Gasteiger partial charge in [-0.2, -0.15) is 0 Å². The molecule has 1 heterocycles. The van der Waals surface area contributed by atoms with Crippen molar-refractivity contribution in [3.05, 3.63) is 64.2 Å². The van der Waals surface area contributed by atoms with Crippen LogP contribution in [0.2, 0.25) is 0 Å². The van der Waals surface area contributed by atoms with Crippen molar-refractivity contribution >= 4 is 17.5 Å². The molecule has 1 saturated heterocycles. The van der Waals surface area contributed by atoms with E-state index in [1.165, 1.54) is 5.56 Å². The molecule has 2 aromatic rings. The second-order valence-electron chi connectivity index (χ2n) is 7.73. The number of likely N-dealkylation sites (tertiary alicyclic amines) is 1. The van der Waals surface area contributed by atoms with E-state index in [4.69, 9.17) is 0 Å². The monoisotopic (exact) mass is 364 g/mol. The Labute approximate surface area is 161 Å². The first kappa shape index (κ1) is 19.2. The highest BCUT2D eigenvalue weighted by Crippen LogP contribution is 2.22. The summed E-state index contributed by atoms with van der Waals surface area (Å²) in [6.45, 7) is 9.37. The first-order valence-electron chi connectivity index (χ1n) is 9.59. The molecule has 4 nitrogen and oxygen atoms in total. The van der Waals surface area contributed by atoms with Crippen LogP contribution in [-0.4, -0.2) is 29.8 Å². The molecule has 0 unspecified atom stereocenters. The van der Waals surface area contributed by atoms with Gasteiger partial charge >= 0.3 is 0 Å². The number of benzene rings is 2. The van der Waals surface area contributed by atoms with Crippen molar-refractivity contribution in [1.29, 1.82) is 0 Å². The molecule has 2 amide bonds. The summed E-state index contributed by atoms with van der Waals surface area (Å²) in [5.74, 6) is 0.0687. The predicted octanol–water partition coefficient (Wildman–Crippen LogP) is 4.41. The summed E-state index contributed by atoms with van der Waals surface area (Å²) in [4.78, 5) is 27.2. The van der Waals surface area contributed by atoms with Gasteiger partial charge in [0.1, 0.15) is 0 Å². The Morgan fingerprint density at radius 3 is 2.11 bits per heavy atom. The largest absolute Gasteiger partial charge is 0.339 e. The number of nitrogens with zero attached hydrogens (tertiary/aromatic N) is 1. The number of aryl methyl sites for hydroxylation is 4. The maximum absolute atomic E-state index is 12.7. The quantitative estimate of drug-likeness (QED) is 0.877. The topological polar surface area (TPSA) is 49.4 Å². The number of amides is 2. The van der Waals surface area contributed by atoms with Gasteiger partial charge < -0.3 is 10.2 Å². The number of carbonyl (C=O) groups is 2. The summed E-state index contributed by atoms with van der Waals surface area (Å²) in [6.07, 6.45) is 1.40. The van der Waals surface area contributed by atoms with Gasteiger partial charge in [0.15, 0.2) is 0 Å². The van der Waals surface area contributed by atoms with Crippen molar-refractivity contribution in [3.63, 3.8) is 0 Å². The van der Waals surface area contributed by atoms with Gasteiger partial charge in [0.2, 0.25) is 5.91 Å². The van der Waals surface area contributed by atoms with Crippen molar-refractivity contribution in [3.8, 4) is 0 Å². The highest BCUT2D eigenvalue weighted by atomic mass is 16.2. The molecule has 0 spiro atoms. The molecule has 142 valence electrons. The van der Waals surface area contributed by atoms with Crippen LogP contribution in [0.4, 0.5) is 5.69 Å². The second kappa shape index (κ2) is 7.95. The Bertz CT molecular complexity index is 844. The van der Waals surface area contributed by atoms with E-state index >= 15 is 0 Å². The van der Waals surface area contributed by atoms with E-state index < -0.39 is 0 Å². The van der Waals surface area contributed by atoms with E-state index in [0.29, 0.717) is 25.9 Å². The van der Waals surface area contributed by atoms with E-state index in [1.807, 2.05) is 62.9 Å². The zero-order valence-corrected chi connectivity index (χ0v) is 16.6. The molecule has 3 rings (SSSR count). The van der Waals surface area contributed by atoms with Crippen molar-refractivity contribution in [2.45, 2.75) is 40.5 Å². The summed E-state index contributed by atoms with van der Waals surface area (Å²) in [6, 6.07) is 11.9. The number of anilines is 1. The summed E-state index contributed by atoms with van der Waals surface area (Å²) in [7, 11) is 0. The Hall–Kier alpha value is -2.62. The first-order valence-corrected chi connectivity index (χ1v) is 9.59. The molecular weight excluding hydrogens is 336 g/mol. The van der Waals surface area contributed by atoms with Gasteiger partial charge in [-0.25, -0.2) is 0 Å². The zero-order valence-electron chi connectivity index (χ0n) is 16.6. The van der Waals surface area contributed by atoms with Crippen LogP contribution in [0.3, 0.4) is 0 Å². The van der Waals surface area contributed by atoms with Gasteiger partial charge in [-0.15, -0.1) is 0 Å². The van der Waals surface area contributed by atoms with Gasteiger partial charge in [0.05, 0.1) is 0 Å². The molecule has 27 heavy (non-hydrogen) atoms. The summed E-state index contributed by atoms with van der Waals surface area (Å²) in [5.41, 5.74) is 6.18. The minimum Gasteiger partial charge on any atom is -0.339 e. The maximum atomic E-state index is 12.7. The standard InChI is InChI=1S/C23H28N2O2/c1-15-11-16(2)13-21(12-15)24-22(26)19-7-9-25(10-8-19)23(27)20-6-5-17(3)18(4)14-20/h5-6,11-14,19H,7-10H2,1-4H3,(H,24,26). The molecule has 0 saturated carbocycles. The lowest BCUT2D eigenvalue weighted by Gasteiger charge is -2.31. The fourth-order valence-corrected chi connectivity index (χ4v) is 3.69. The molecular formula is C23H28N2O2. The van der Waals surface area contributed by atoms with Crippen molar-refractivity contribution in [2.24, 2.45) is 5.92 Å². The average molecular weight is 364 g/mol. The van der Waals surface area contributed by atoms with Crippen molar-refractivity contribution in [2.75, 3.05) is 18.4 Å². The number of piperidine rings is 1. The normalized spacial score (nSPS) is 14.9. The number of nitrogens with one attached hydrogen (secondary N) is 1. The lowest BCUT2D eigenvalue weighted by atomic mass is 9.95. The SMILES string of the molecule is Cc1cc(C)cc(NC(=O)C2CCN(C(=O)c3ccc(C)c(C)c3)CC2)c1. The highest BCUT2D eigenvalue weighted by molar-refractivity contribution is 5.95. The lowest BCUT2D eigenvalue weighted by molar-refractivity contribution is -0.121. The maximum Gasteiger partial charge on any atom is 0.253 e. The third-order valence-corrected chi connectivity index (χ3v) is 5.40. The molecule has 4 heteroatoms. The smallest absolute Gasteiger partial charge is 0.253 e. The van der Waals surface area contributed by atoms with Crippen LogP contribution >= 0.6 is 0 Å². The molecule has 0 radical (unpaired) electrons. The molecule has 0 atom stereocenters. The summed E-state index contributed by atoms with van der Waals surface area (Å²) >= 11 is 0. The molecule has 1 aliphatic heterocycles. The van der Waals surface area contributed by atoms with Crippen LogP contribution in [0.15, 0.2) is 36.4 Å². The average Bonchev–Trinajstić information content (AvgIpc) is 2.62.